The molecule has 4 heterocycles. The average molecular weight is 921 g/mol. The van der Waals surface area contributed by atoms with Crippen LogP contribution in [-0.2, 0) is 18.9 Å². The molecule has 0 unspecified atom stereocenters. The first-order valence-electron chi connectivity index (χ1n) is 21.2. The van der Waals surface area contributed by atoms with E-state index in [2.05, 4.69) is 25.6 Å². The Morgan fingerprint density at radius 3 is 2.04 bits per heavy atom. The summed E-state index contributed by atoms with van der Waals surface area (Å²) in [6.45, 7) is 6.28. The lowest BCUT2D eigenvalue weighted by Crippen LogP contribution is -2.31. The second-order valence-corrected chi connectivity index (χ2v) is 15.8. The molecule has 0 bridgehead atoms. The van der Waals surface area contributed by atoms with Crippen molar-refractivity contribution in [3.8, 4) is 11.5 Å². The molecule has 0 radical (unpaired) electrons. The summed E-state index contributed by atoms with van der Waals surface area (Å²) in [6, 6.07) is 33.2. The van der Waals surface area contributed by atoms with Gasteiger partial charge in [0.2, 0.25) is 0 Å². The molecule has 17 heteroatoms. The molecule has 3 aromatic heterocycles. The lowest BCUT2D eigenvalue weighted by molar-refractivity contribution is -0.138. The Hall–Kier alpha value is -7.69. The van der Waals surface area contributed by atoms with Crippen molar-refractivity contribution in [1.82, 2.24) is 24.7 Å². The molecule has 0 saturated carbocycles. The molecule has 1 saturated heterocycles. The SMILES string of the molecule is Cc1ccn2c(C(=O)NCc3ccc(N4CCCN(c5ccc(C(F)(F)F)cc5)CC4)c(F)c3)c(C)nc2c1.FC(F)(F)c1ccc(Oc2ccc(Nc3ncnc4ccccc34)cc2)cc1. The number of alkyl halides is 6. The van der Waals surface area contributed by atoms with Crippen molar-refractivity contribution >= 4 is 45.3 Å². The summed E-state index contributed by atoms with van der Waals surface area (Å²) < 4.78 is 99.0. The zero-order chi connectivity index (χ0) is 47.3. The van der Waals surface area contributed by atoms with Gasteiger partial charge < -0.3 is 25.2 Å². The van der Waals surface area contributed by atoms with Crippen molar-refractivity contribution in [2.24, 2.45) is 0 Å². The van der Waals surface area contributed by atoms with Gasteiger partial charge in [0.25, 0.3) is 5.91 Å². The number of hydrogen-bond acceptors (Lipinski definition) is 8. The number of halogens is 7. The normalized spacial score (nSPS) is 13.2. The highest BCUT2D eigenvalue weighted by Gasteiger charge is 2.31. The smallest absolute Gasteiger partial charge is 0.416 e. The number of fused-ring (bicyclic) bond motifs is 2. The van der Waals surface area contributed by atoms with Crippen molar-refractivity contribution in [2.75, 3.05) is 41.3 Å². The molecule has 8 aromatic rings. The van der Waals surface area contributed by atoms with Crippen LogP contribution in [0.1, 0.15) is 44.9 Å². The van der Waals surface area contributed by atoms with E-state index >= 15 is 4.39 Å². The van der Waals surface area contributed by atoms with Crippen LogP contribution in [0.2, 0.25) is 0 Å². The minimum atomic E-state index is -4.37. The average Bonchev–Trinajstić information content (AvgIpc) is 3.44. The Kier molecular flexibility index (Phi) is 13.3. The van der Waals surface area contributed by atoms with Gasteiger partial charge in [0.15, 0.2) is 0 Å². The lowest BCUT2D eigenvalue weighted by Gasteiger charge is -2.25. The highest BCUT2D eigenvalue weighted by molar-refractivity contribution is 5.94. The van der Waals surface area contributed by atoms with Crippen LogP contribution in [0, 0.1) is 19.7 Å². The van der Waals surface area contributed by atoms with Crippen molar-refractivity contribution in [3.63, 3.8) is 0 Å². The lowest BCUT2D eigenvalue weighted by atomic mass is 10.1. The topological polar surface area (TPSA) is 99.9 Å². The quantitative estimate of drug-likeness (QED) is 0.138. The van der Waals surface area contributed by atoms with Crippen molar-refractivity contribution in [2.45, 2.75) is 39.2 Å². The third-order valence-corrected chi connectivity index (χ3v) is 11.1. The second kappa shape index (κ2) is 19.4. The first-order chi connectivity index (χ1) is 32.1. The fraction of sp³-hybridized carbons (Fsp3) is 0.200. The van der Waals surface area contributed by atoms with Gasteiger partial charge in [-0.15, -0.1) is 0 Å². The molecule has 67 heavy (non-hydrogen) atoms. The number of imidazole rings is 1. The van der Waals surface area contributed by atoms with Crippen LogP contribution in [0.15, 0.2) is 140 Å². The molecule has 0 spiro atoms. The Labute approximate surface area is 380 Å². The molecule has 1 fully saturated rings. The molecule has 0 atom stereocenters. The number of nitrogens with zero attached hydrogens (tertiary/aromatic N) is 6. The van der Waals surface area contributed by atoms with E-state index in [1.54, 1.807) is 47.7 Å². The summed E-state index contributed by atoms with van der Waals surface area (Å²) in [5.41, 5.74) is 4.87. The third-order valence-electron chi connectivity index (χ3n) is 11.1. The highest BCUT2D eigenvalue weighted by Crippen LogP contribution is 2.33. The standard InChI is InChI=1S/C29H29F4N5O.C21H14F3N3O/c1-19-10-13-38-26(16-19)35-20(2)27(38)28(39)34-18-21-4-9-25(24(30)17-21)37-12-3-11-36(14-15-37)23-7-5-22(6-8-23)29(31,32)33;22-21(23,24)14-5-9-16(10-6-14)28-17-11-7-15(8-12-17)27-20-18-3-1-2-4-19(18)25-13-26-20/h4-10,13,16-17H,3,11-12,14-15,18H2,1-2H3,(H,34,39);1-13H,(H,25,26,27). The zero-order valence-electron chi connectivity index (χ0n) is 36.2. The van der Waals surface area contributed by atoms with Crippen molar-refractivity contribution < 1.29 is 40.3 Å². The summed E-state index contributed by atoms with van der Waals surface area (Å²) in [7, 11) is 0. The third kappa shape index (κ3) is 11.1. The van der Waals surface area contributed by atoms with E-state index in [4.69, 9.17) is 4.74 Å². The van der Waals surface area contributed by atoms with Gasteiger partial charge in [-0.2, -0.15) is 26.3 Å². The van der Waals surface area contributed by atoms with Crippen LogP contribution in [-0.4, -0.2) is 51.4 Å². The molecule has 344 valence electrons. The maximum atomic E-state index is 15.2. The van der Waals surface area contributed by atoms with Crippen molar-refractivity contribution in [3.05, 3.63) is 179 Å². The van der Waals surface area contributed by atoms with Gasteiger partial charge in [0, 0.05) is 55.7 Å². The molecule has 1 amide bonds. The number of aryl methyl sites for hydroxylation is 2. The van der Waals surface area contributed by atoms with Crippen LogP contribution >= 0.6 is 0 Å². The first-order valence-corrected chi connectivity index (χ1v) is 21.2. The van der Waals surface area contributed by atoms with Gasteiger partial charge in [-0.05, 0) is 141 Å². The Balaban J connectivity index is 0.000000192. The minimum absolute atomic E-state index is 0.163. The van der Waals surface area contributed by atoms with Gasteiger partial charge in [0.05, 0.1) is 28.0 Å². The Morgan fingerprint density at radius 1 is 0.716 bits per heavy atom. The molecule has 1 aliphatic rings. The molecule has 2 N–H and O–H groups in total. The maximum Gasteiger partial charge on any atom is 0.416 e. The van der Waals surface area contributed by atoms with Crippen LogP contribution in [0.4, 0.5) is 53.6 Å². The number of pyridine rings is 1. The Bertz CT molecular complexity index is 2990. The van der Waals surface area contributed by atoms with Crippen LogP contribution in [0.5, 0.6) is 11.5 Å². The summed E-state index contributed by atoms with van der Waals surface area (Å²) in [4.78, 5) is 29.8. The van der Waals surface area contributed by atoms with E-state index < -0.39 is 23.5 Å². The molecular weight excluding hydrogens is 878 g/mol. The van der Waals surface area contributed by atoms with Gasteiger partial charge in [-0.1, -0.05) is 18.2 Å². The van der Waals surface area contributed by atoms with E-state index in [0.717, 1.165) is 52.8 Å². The summed E-state index contributed by atoms with van der Waals surface area (Å²) >= 11 is 0. The first kappa shape index (κ1) is 45.9. The predicted molar refractivity (Wildman–Crippen MR) is 244 cm³/mol. The summed E-state index contributed by atoms with van der Waals surface area (Å²) in [5.74, 6) is 0.853. The minimum Gasteiger partial charge on any atom is -0.457 e. The van der Waals surface area contributed by atoms with E-state index in [1.165, 1.54) is 36.7 Å². The number of amides is 1. The van der Waals surface area contributed by atoms with Crippen LogP contribution in [0.25, 0.3) is 16.6 Å². The largest absolute Gasteiger partial charge is 0.457 e. The second-order valence-electron chi connectivity index (χ2n) is 15.8. The number of hydrogen-bond donors (Lipinski definition) is 2. The number of carbonyl (C=O) groups is 1. The number of anilines is 4. The Morgan fingerprint density at radius 2 is 1.36 bits per heavy atom. The molecule has 10 nitrogen and oxygen atoms in total. The fourth-order valence-corrected chi connectivity index (χ4v) is 7.69. The van der Waals surface area contributed by atoms with Gasteiger partial charge >= 0.3 is 12.4 Å². The van der Waals surface area contributed by atoms with E-state index in [1.807, 2.05) is 59.3 Å². The number of rotatable bonds is 9. The molecular formula is C50H43F7N8O2. The van der Waals surface area contributed by atoms with E-state index in [9.17, 15) is 31.1 Å². The number of para-hydroxylation sites is 1. The van der Waals surface area contributed by atoms with E-state index in [0.29, 0.717) is 77.5 Å². The number of aromatic nitrogens is 4. The van der Waals surface area contributed by atoms with Crippen LogP contribution < -0.4 is 25.2 Å². The summed E-state index contributed by atoms with van der Waals surface area (Å²) in [5, 5.41) is 6.99. The molecule has 0 aliphatic carbocycles. The predicted octanol–water partition coefficient (Wildman–Crippen LogP) is 11.9. The fourth-order valence-electron chi connectivity index (χ4n) is 7.69. The van der Waals surface area contributed by atoms with Crippen LogP contribution in [0.3, 0.4) is 0 Å². The number of nitrogens with one attached hydrogen (secondary N) is 2. The number of ether oxygens (including phenoxy) is 1. The monoisotopic (exact) mass is 920 g/mol. The molecule has 1 aliphatic heterocycles. The molecule has 9 rings (SSSR count). The van der Waals surface area contributed by atoms with E-state index in [-0.39, 0.29) is 18.3 Å². The van der Waals surface area contributed by atoms with Gasteiger partial charge in [-0.3, -0.25) is 9.20 Å². The van der Waals surface area contributed by atoms with Crippen molar-refractivity contribution in [1.29, 1.82) is 0 Å². The number of benzene rings is 5. The van der Waals surface area contributed by atoms with Gasteiger partial charge in [-0.25, -0.2) is 19.3 Å². The summed E-state index contributed by atoms with van der Waals surface area (Å²) in [6.07, 6.45) is -4.69. The molecule has 5 aromatic carbocycles. The highest BCUT2D eigenvalue weighted by atomic mass is 19.4. The van der Waals surface area contributed by atoms with Gasteiger partial charge in [0.1, 0.15) is 40.8 Å². The maximum absolute atomic E-state index is 15.2. The zero-order valence-corrected chi connectivity index (χ0v) is 36.2. The number of carbonyl (C=O) groups excluding carboxylic acids is 1.